The van der Waals surface area contributed by atoms with Crippen molar-refractivity contribution >= 4 is 57.1 Å². The maximum absolute atomic E-state index is 13.2. The average molecular weight is 614 g/mol. The summed E-state index contributed by atoms with van der Waals surface area (Å²) in [6, 6.07) is 14.9. The number of imide groups is 2. The Morgan fingerprint density at radius 1 is 0.923 bits per heavy atom. The van der Waals surface area contributed by atoms with Crippen LogP contribution in [0.3, 0.4) is 0 Å². The number of benzene rings is 3. The van der Waals surface area contributed by atoms with Crippen molar-refractivity contribution in [2.24, 2.45) is 0 Å². The van der Waals surface area contributed by atoms with Crippen LogP contribution in [0.1, 0.15) is 23.6 Å². The highest BCUT2D eigenvalue weighted by Crippen LogP contribution is 2.37. The molecule has 4 amide bonds. The van der Waals surface area contributed by atoms with E-state index in [1.54, 1.807) is 36.4 Å². The Kier molecular flexibility index (Phi) is 8.93. The normalized spacial score (nSPS) is 14.4. The summed E-state index contributed by atoms with van der Waals surface area (Å²) in [7, 11) is 0. The van der Waals surface area contributed by atoms with Crippen LogP contribution in [0.2, 0.25) is 5.02 Å². The Labute approximate surface area is 239 Å². The zero-order valence-electron chi connectivity index (χ0n) is 21.5. The fraction of sp³-hybridized carbons (Fsp3) is 0.207. The lowest BCUT2D eigenvalue weighted by Crippen LogP contribution is -2.54. The van der Waals surface area contributed by atoms with Gasteiger partial charge in [-0.3, -0.25) is 14.9 Å². The van der Waals surface area contributed by atoms with Gasteiger partial charge in [-0.05, 0) is 92.1 Å². The Morgan fingerprint density at radius 2 is 1.59 bits per heavy atom. The molecule has 1 heterocycles. The lowest BCUT2D eigenvalue weighted by atomic mass is 10.1. The van der Waals surface area contributed by atoms with E-state index in [9.17, 15) is 14.4 Å². The first-order chi connectivity index (χ1) is 18.7. The van der Waals surface area contributed by atoms with E-state index in [1.165, 1.54) is 6.08 Å². The molecule has 0 aromatic heterocycles. The molecule has 0 bridgehead atoms. The molecular formula is C29H26BrClN2O6. The van der Waals surface area contributed by atoms with Crippen LogP contribution in [0.15, 0.2) is 64.6 Å². The van der Waals surface area contributed by atoms with E-state index in [0.29, 0.717) is 29.4 Å². The summed E-state index contributed by atoms with van der Waals surface area (Å²) in [5.74, 6) is -0.163. The number of nitrogens with zero attached hydrogens (tertiary/aromatic N) is 1. The van der Waals surface area contributed by atoms with Crippen molar-refractivity contribution in [2.45, 2.75) is 20.8 Å². The van der Waals surface area contributed by atoms with Crippen LogP contribution in [0.4, 0.5) is 10.5 Å². The largest absolute Gasteiger partial charge is 0.490 e. The summed E-state index contributed by atoms with van der Waals surface area (Å²) in [5, 5.41) is 2.43. The van der Waals surface area contributed by atoms with E-state index in [0.717, 1.165) is 26.2 Å². The molecule has 1 fully saturated rings. The van der Waals surface area contributed by atoms with Gasteiger partial charge in [0, 0.05) is 4.47 Å². The van der Waals surface area contributed by atoms with E-state index in [2.05, 4.69) is 27.3 Å². The van der Waals surface area contributed by atoms with Gasteiger partial charge in [-0.2, -0.15) is 0 Å². The molecule has 4 rings (SSSR count). The summed E-state index contributed by atoms with van der Waals surface area (Å²) in [6.45, 7) is 6.64. The van der Waals surface area contributed by atoms with Gasteiger partial charge in [0.1, 0.15) is 24.5 Å². The van der Waals surface area contributed by atoms with Gasteiger partial charge >= 0.3 is 6.03 Å². The molecule has 0 unspecified atom stereocenters. The second kappa shape index (κ2) is 12.4. The SMILES string of the molecule is CCOc1cc(C=C2C(=O)NC(=O)N(c3ccc(Br)cc3)C2=O)cc(Cl)c1OCCOc1cc(C)cc(C)c1. The number of barbiturate groups is 1. The minimum absolute atomic E-state index is 0.207. The fourth-order valence-electron chi connectivity index (χ4n) is 4.04. The zero-order valence-corrected chi connectivity index (χ0v) is 23.9. The number of halogens is 2. The van der Waals surface area contributed by atoms with Crippen molar-refractivity contribution in [3.63, 3.8) is 0 Å². The number of urea groups is 1. The highest BCUT2D eigenvalue weighted by atomic mass is 79.9. The molecule has 1 aliphatic rings. The third kappa shape index (κ3) is 6.79. The number of nitrogens with one attached hydrogen (secondary N) is 1. The van der Waals surface area contributed by atoms with Crippen molar-refractivity contribution < 1.29 is 28.6 Å². The lowest BCUT2D eigenvalue weighted by Gasteiger charge is -2.26. The molecule has 1 saturated heterocycles. The molecule has 8 nitrogen and oxygen atoms in total. The number of ether oxygens (including phenoxy) is 3. The molecule has 1 N–H and O–H groups in total. The summed E-state index contributed by atoms with van der Waals surface area (Å²) < 4.78 is 18.2. The Balaban J connectivity index is 1.54. The van der Waals surface area contributed by atoms with Crippen LogP contribution in [0.5, 0.6) is 17.2 Å². The van der Waals surface area contributed by atoms with E-state index >= 15 is 0 Å². The first-order valence-electron chi connectivity index (χ1n) is 12.1. The molecule has 0 spiro atoms. The van der Waals surface area contributed by atoms with Gasteiger partial charge in [-0.1, -0.05) is 33.6 Å². The molecular weight excluding hydrogens is 588 g/mol. The number of aryl methyl sites for hydroxylation is 2. The van der Waals surface area contributed by atoms with Gasteiger partial charge < -0.3 is 14.2 Å². The number of rotatable bonds is 9. The highest BCUT2D eigenvalue weighted by Gasteiger charge is 2.36. The van der Waals surface area contributed by atoms with Crippen molar-refractivity contribution in [3.05, 3.63) is 86.4 Å². The molecule has 3 aromatic rings. The van der Waals surface area contributed by atoms with Crippen molar-refractivity contribution in [3.8, 4) is 17.2 Å². The van der Waals surface area contributed by atoms with Gasteiger partial charge in [-0.25, -0.2) is 9.69 Å². The van der Waals surface area contributed by atoms with Gasteiger partial charge in [0.15, 0.2) is 11.5 Å². The standard InChI is InChI=1S/C29H26BrClN2O6/c1-4-37-25-16-19(15-24(31)26(25)39-10-9-38-22-12-17(2)11-18(3)13-22)14-23-27(34)32-29(36)33(28(23)35)21-7-5-20(30)6-8-21/h5-8,11-16H,4,9-10H2,1-3H3,(H,32,34,36). The van der Waals surface area contributed by atoms with Crippen molar-refractivity contribution in [2.75, 3.05) is 24.7 Å². The monoisotopic (exact) mass is 612 g/mol. The Bertz CT molecular complexity index is 1430. The number of hydrogen-bond acceptors (Lipinski definition) is 6. The Morgan fingerprint density at radius 3 is 2.26 bits per heavy atom. The number of carbonyl (C=O) groups is 3. The number of anilines is 1. The van der Waals surface area contributed by atoms with Gasteiger partial charge in [0.2, 0.25) is 0 Å². The molecule has 39 heavy (non-hydrogen) atoms. The van der Waals surface area contributed by atoms with E-state index in [4.69, 9.17) is 25.8 Å². The number of amides is 4. The van der Waals surface area contributed by atoms with Crippen LogP contribution < -0.4 is 24.4 Å². The van der Waals surface area contributed by atoms with Gasteiger partial charge in [0.05, 0.1) is 17.3 Å². The second-order valence-corrected chi connectivity index (χ2v) is 10.0. The minimum atomic E-state index is -0.829. The van der Waals surface area contributed by atoms with Crippen molar-refractivity contribution in [1.82, 2.24) is 5.32 Å². The molecule has 0 atom stereocenters. The average Bonchev–Trinajstić information content (AvgIpc) is 2.86. The molecule has 0 radical (unpaired) electrons. The maximum atomic E-state index is 13.2. The first-order valence-corrected chi connectivity index (χ1v) is 13.3. The topological polar surface area (TPSA) is 94.2 Å². The highest BCUT2D eigenvalue weighted by molar-refractivity contribution is 9.10. The van der Waals surface area contributed by atoms with E-state index in [-0.39, 0.29) is 23.8 Å². The first kappa shape index (κ1) is 28.2. The maximum Gasteiger partial charge on any atom is 0.335 e. The quantitative estimate of drug-likeness (QED) is 0.174. The predicted octanol–water partition coefficient (Wildman–Crippen LogP) is 6.24. The minimum Gasteiger partial charge on any atom is -0.490 e. The van der Waals surface area contributed by atoms with Crippen LogP contribution >= 0.6 is 27.5 Å². The third-order valence-electron chi connectivity index (χ3n) is 5.62. The fourth-order valence-corrected chi connectivity index (χ4v) is 4.58. The van der Waals surface area contributed by atoms with Crippen LogP contribution in [0, 0.1) is 13.8 Å². The number of carbonyl (C=O) groups excluding carboxylic acids is 3. The molecule has 0 aliphatic carbocycles. The summed E-state index contributed by atoms with van der Waals surface area (Å²) >= 11 is 9.85. The Hall–Kier alpha value is -3.82. The van der Waals surface area contributed by atoms with Crippen LogP contribution in [-0.2, 0) is 9.59 Å². The molecule has 1 aliphatic heterocycles. The summed E-state index contributed by atoms with van der Waals surface area (Å²) in [5.41, 5.74) is 2.72. The second-order valence-electron chi connectivity index (χ2n) is 8.72. The van der Waals surface area contributed by atoms with Gasteiger partial charge in [-0.15, -0.1) is 0 Å². The number of hydrogen-bond donors (Lipinski definition) is 1. The zero-order chi connectivity index (χ0) is 28.1. The predicted molar refractivity (Wildman–Crippen MR) is 153 cm³/mol. The molecule has 10 heteroatoms. The van der Waals surface area contributed by atoms with E-state index in [1.807, 2.05) is 32.9 Å². The molecule has 3 aromatic carbocycles. The molecule has 202 valence electrons. The molecule has 0 saturated carbocycles. The van der Waals surface area contributed by atoms with Crippen LogP contribution in [0.25, 0.3) is 6.08 Å². The van der Waals surface area contributed by atoms with E-state index < -0.39 is 17.8 Å². The summed E-state index contributed by atoms with van der Waals surface area (Å²) in [6.07, 6.45) is 1.36. The summed E-state index contributed by atoms with van der Waals surface area (Å²) in [4.78, 5) is 39.1. The van der Waals surface area contributed by atoms with Crippen molar-refractivity contribution in [1.29, 1.82) is 0 Å². The lowest BCUT2D eigenvalue weighted by molar-refractivity contribution is -0.122. The third-order valence-corrected chi connectivity index (χ3v) is 6.43. The smallest absolute Gasteiger partial charge is 0.335 e. The van der Waals surface area contributed by atoms with Crippen LogP contribution in [-0.4, -0.2) is 37.7 Å². The van der Waals surface area contributed by atoms with Gasteiger partial charge in [0.25, 0.3) is 11.8 Å².